The minimum atomic E-state index is -3.61. The summed E-state index contributed by atoms with van der Waals surface area (Å²) in [5, 5.41) is 5.13. The number of nitrogens with two attached hydrogens (primary N) is 1. The lowest BCUT2D eigenvalue weighted by Crippen LogP contribution is -3.00. The Kier molecular flexibility index (Phi) is 12.9. The molecule has 1 rings (SSSR count). The third kappa shape index (κ3) is 9.74. The molecular weight excluding hydrogens is 380 g/mol. The number of rotatable bonds is 13. The van der Waals surface area contributed by atoms with Gasteiger partial charge in [-0.15, -0.1) is 0 Å². The Labute approximate surface area is 172 Å². The topological polar surface area (TPSA) is 60.2 Å². The number of allylic oxidation sites excluding steroid dienone is 1. The van der Waals surface area contributed by atoms with E-state index in [4.69, 9.17) is 5.14 Å². The summed E-state index contributed by atoms with van der Waals surface area (Å²) in [6.45, 7) is 11.5. The summed E-state index contributed by atoms with van der Waals surface area (Å²) in [4.78, 5) is 0.168. The van der Waals surface area contributed by atoms with Gasteiger partial charge in [-0.2, -0.15) is 0 Å². The Morgan fingerprint density at radius 3 is 2.04 bits per heavy atom. The molecule has 6 heteroatoms. The van der Waals surface area contributed by atoms with Crippen LogP contribution < -0.4 is 17.5 Å². The first kappa shape index (κ1) is 26.1. The van der Waals surface area contributed by atoms with E-state index in [1.807, 2.05) is 12.1 Å². The zero-order valence-electron chi connectivity index (χ0n) is 17.2. The molecule has 0 unspecified atom stereocenters. The zero-order valence-corrected chi connectivity index (χ0v) is 18.7. The number of benzene rings is 1. The molecule has 0 bridgehead atoms. The van der Waals surface area contributed by atoms with E-state index in [2.05, 4.69) is 32.9 Å². The normalized spacial score (nSPS) is 12.3. The number of hydrogen-bond acceptors (Lipinski definition) is 2. The van der Waals surface area contributed by atoms with Gasteiger partial charge in [0.25, 0.3) is 0 Å². The van der Waals surface area contributed by atoms with Crippen molar-refractivity contribution in [3.8, 4) is 0 Å². The molecule has 1 aromatic rings. The van der Waals surface area contributed by atoms with Gasteiger partial charge in [-0.3, -0.25) is 0 Å². The number of primary sulfonamides is 1. The number of halogens is 1. The van der Waals surface area contributed by atoms with E-state index in [0.717, 1.165) is 36.1 Å². The molecule has 0 spiro atoms. The summed E-state index contributed by atoms with van der Waals surface area (Å²) >= 11 is 0. The van der Waals surface area contributed by atoms with E-state index < -0.39 is 10.0 Å². The second-order valence-corrected chi connectivity index (χ2v) is 8.72. The maximum atomic E-state index is 11.3. The number of unbranched alkanes of at least 4 members (excludes halogenated alkanes) is 4. The molecule has 0 radical (unpaired) electrons. The van der Waals surface area contributed by atoms with Crippen molar-refractivity contribution in [2.45, 2.75) is 64.2 Å². The summed E-state index contributed by atoms with van der Waals surface area (Å²) in [5.41, 5.74) is 1.10. The van der Waals surface area contributed by atoms with Crippen LogP contribution >= 0.6 is 0 Å². The van der Waals surface area contributed by atoms with Gasteiger partial charge < -0.3 is 16.9 Å². The van der Waals surface area contributed by atoms with Crippen molar-refractivity contribution in [2.24, 2.45) is 5.14 Å². The fourth-order valence-electron chi connectivity index (χ4n) is 3.27. The van der Waals surface area contributed by atoms with Crippen molar-refractivity contribution in [2.75, 3.05) is 26.2 Å². The Morgan fingerprint density at radius 1 is 0.926 bits per heavy atom. The SMILES string of the molecule is CCCCCCC[N+](CC)(CC)C/C=C/Cc1ccc(S(N)(=O)=O)cc1.[Cl-]. The number of likely N-dealkylation sites (N-methyl/N-ethyl adjacent to an activating group) is 1. The summed E-state index contributed by atoms with van der Waals surface area (Å²) in [6.07, 6.45) is 11.9. The third-order valence-electron chi connectivity index (χ3n) is 5.34. The molecule has 0 atom stereocenters. The number of sulfonamides is 1. The lowest BCUT2D eigenvalue weighted by Gasteiger charge is -2.36. The summed E-state index contributed by atoms with van der Waals surface area (Å²) in [5.74, 6) is 0. The quantitative estimate of drug-likeness (QED) is 0.299. The molecule has 0 aliphatic heterocycles. The van der Waals surface area contributed by atoms with E-state index in [1.54, 1.807) is 12.1 Å². The second-order valence-electron chi connectivity index (χ2n) is 7.16. The Bertz CT molecular complexity index is 639. The fraction of sp³-hybridized carbons (Fsp3) is 0.619. The number of hydrogen-bond donors (Lipinski definition) is 1. The maximum absolute atomic E-state index is 11.3. The molecule has 0 heterocycles. The van der Waals surface area contributed by atoms with Gasteiger partial charge in [-0.05, 0) is 56.9 Å². The molecule has 4 nitrogen and oxygen atoms in total. The van der Waals surface area contributed by atoms with Gasteiger partial charge in [0.15, 0.2) is 0 Å². The smallest absolute Gasteiger partial charge is 0.238 e. The highest BCUT2D eigenvalue weighted by atomic mass is 35.5. The second kappa shape index (κ2) is 13.3. The van der Waals surface area contributed by atoms with Crippen LogP contribution in [0.1, 0.15) is 58.4 Å². The molecule has 2 N–H and O–H groups in total. The van der Waals surface area contributed by atoms with Crippen LogP contribution in [0.25, 0.3) is 0 Å². The van der Waals surface area contributed by atoms with Crippen LogP contribution in [0, 0.1) is 0 Å². The lowest BCUT2D eigenvalue weighted by atomic mass is 10.1. The van der Waals surface area contributed by atoms with Crippen molar-refractivity contribution in [3.05, 3.63) is 42.0 Å². The monoisotopic (exact) mass is 416 g/mol. The van der Waals surface area contributed by atoms with Crippen LogP contribution in [0.4, 0.5) is 0 Å². The Hall–Kier alpha value is -0.880. The minimum Gasteiger partial charge on any atom is -1.00 e. The standard InChI is InChI=1S/C21H37N2O2S.ClH/c1-4-7-8-9-11-18-23(5-2,6-3)19-12-10-13-20-14-16-21(17-15-20)26(22,24)25;/h10,12,14-17H,4-9,11,13,18-19H2,1-3H3,(H2,22,24,25);1H/q+1;/p-1/b12-10+;. The molecule has 0 saturated heterocycles. The Balaban J connectivity index is 0.00000676. The van der Waals surface area contributed by atoms with E-state index in [1.165, 1.54) is 38.6 Å². The van der Waals surface area contributed by atoms with Gasteiger partial charge in [0.2, 0.25) is 10.0 Å². The highest BCUT2D eigenvalue weighted by Gasteiger charge is 2.20. The van der Waals surface area contributed by atoms with Crippen LogP contribution in [-0.4, -0.2) is 39.1 Å². The highest BCUT2D eigenvalue weighted by Crippen LogP contribution is 2.13. The maximum Gasteiger partial charge on any atom is 0.238 e. The predicted molar refractivity (Wildman–Crippen MR) is 110 cm³/mol. The summed E-state index contributed by atoms with van der Waals surface area (Å²) in [7, 11) is -3.61. The van der Waals surface area contributed by atoms with Crippen LogP contribution in [0.5, 0.6) is 0 Å². The largest absolute Gasteiger partial charge is 1.00 e. The van der Waals surface area contributed by atoms with Gasteiger partial charge in [-0.1, -0.05) is 44.4 Å². The van der Waals surface area contributed by atoms with E-state index in [-0.39, 0.29) is 17.3 Å². The molecular formula is C21H37ClN2O2S. The van der Waals surface area contributed by atoms with Gasteiger partial charge in [-0.25, -0.2) is 13.6 Å². The molecule has 27 heavy (non-hydrogen) atoms. The van der Waals surface area contributed by atoms with Gasteiger partial charge in [0.1, 0.15) is 0 Å². The number of nitrogens with zero attached hydrogens (tertiary/aromatic N) is 1. The molecule has 1 aromatic carbocycles. The number of quaternary nitrogens is 1. The average Bonchev–Trinajstić information content (AvgIpc) is 2.63. The lowest BCUT2D eigenvalue weighted by molar-refractivity contribution is -0.919. The van der Waals surface area contributed by atoms with Gasteiger partial charge in [0.05, 0.1) is 31.1 Å². The first-order valence-electron chi connectivity index (χ1n) is 9.98. The molecule has 0 aliphatic rings. The van der Waals surface area contributed by atoms with Crippen LogP contribution in [0.2, 0.25) is 0 Å². The van der Waals surface area contributed by atoms with E-state index in [9.17, 15) is 8.42 Å². The molecule has 0 saturated carbocycles. The molecule has 156 valence electrons. The van der Waals surface area contributed by atoms with Crippen LogP contribution in [-0.2, 0) is 16.4 Å². The van der Waals surface area contributed by atoms with Crippen molar-refractivity contribution >= 4 is 10.0 Å². The van der Waals surface area contributed by atoms with E-state index in [0.29, 0.717) is 0 Å². The van der Waals surface area contributed by atoms with Crippen molar-refractivity contribution in [1.29, 1.82) is 0 Å². The van der Waals surface area contributed by atoms with E-state index >= 15 is 0 Å². The van der Waals surface area contributed by atoms with Crippen molar-refractivity contribution < 1.29 is 25.3 Å². The fourth-order valence-corrected chi connectivity index (χ4v) is 3.79. The molecule has 0 amide bonds. The minimum absolute atomic E-state index is 0. The van der Waals surface area contributed by atoms with Crippen LogP contribution in [0.3, 0.4) is 0 Å². The molecule has 0 aromatic heterocycles. The zero-order chi connectivity index (χ0) is 19.5. The first-order chi connectivity index (χ1) is 12.4. The predicted octanol–water partition coefficient (Wildman–Crippen LogP) is 1.26. The van der Waals surface area contributed by atoms with Crippen LogP contribution in [0.15, 0.2) is 41.3 Å². The summed E-state index contributed by atoms with van der Waals surface area (Å²) < 4.78 is 23.7. The highest BCUT2D eigenvalue weighted by molar-refractivity contribution is 7.89. The van der Waals surface area contributed by atoms with Crippen molar-refractivity contribution in [1.82, 2.24) is 0 Å². The Morgan fingerprint density at radius 2 is 1.52 bits per heavy atom. The van der Waals surface area contributed by atoms with Crippen molar-refractivity contribution in [3.63, 3.8) is 0 Å². The first-order valence-corrected chi connectivity index (χ1v) is 11.5. The average molecular weight is 417 g/mol. The third-order valence-corrected chi connectivity index (χ3v) is 6.27. The molecule has 0 aliphatic carbocycles. The van der Waals surface area contributed by atoms with Gasteiger partial charge >= 0.3 is 0 Å². The molecule has 0 fully saturated rings. The summed E-state index contributed by atoms with van der Waals surface area (Å²) in [6, 6.07) is 6.82. The van der Waals surface area contributed by atoms with Gasteiger partial charge in [0, 0.05) is 0 Å².